The maximum absolute atomic E-state index is 6.47. The zero-order valence-corrected chi connectivity index (χ0v) is 13.0. The maximum atomic E-state index is 6.47. The molecule has 1 aliphatic heterocycles. The Morgan fingerprint density at radius 2 is 2.16 bits per heavy atom. The molecule has 1 heterocycles. The molecular formula is C16H25ClN2. The molecule has 3 atom stereocenters. The summed E-state index contributed by atoms with van der Waals surface area (Å²) in [6.45, 7) is 7.83. The number of anilines is 1. The van der Waals surface area contributed by atoms with Gasteiger partial charge in [0.25, 0.3) is 0 Å². The summed E-state index contributed by atoms with van der Waals surface area (Å²) in [5.74, 6) is 0.735. The molecule has 1 aliphatic rings. The first kappa shape index (κ1) is 14.7. The van der Waals surface area contributed by atoms with Crippen molar-refractivity contribution in [2.24, 2.45) is 11.7 Å². The van der Waals surface area contributed by atoms with Gasteiger partial charge in [0.15, 0.2) is 0 Å². The van der Waals surface area contributed by atoms with Gasteiger partial charge in [-0.1, -0.05) is 37.6 Å². The van der Waals surface area contributed by atoms with Gasteiger partial charge in [-0.05, 0) is 43.7 Å². The molecule has 106 valence electrons. The molecule has 0 saturated carbocycles. The van der Waals surface area contributed by atoms with Crippen LogP contribution >= 0.6 is 11.6 Å². The van der Waals surface area contributed by atoms with Crippen LogP contribution in [-0.2, 0) is 6.42 Å². The van der Waals surface area contributed by atoms with Crippen LogP contribution in [0.5, 0.6) is 0 Å². The fraction of sp³-hybridized carbons (Fsp3) is 0.625. The average Bonchev–Trinajstić information content (AvgIpc) is 2.68. The topological polar surface area (TPSA) is 29.3 Å². The number of nitrogens with two attached hydrogens (primary N) is 1. The van der Waals surface area contributed by atoms with Gasteiger partial charge in [-0.3, -0.25) is 0 Å². The zero-order chi connectivity index (χ0) is 14.0. The molecule has 0 amide bonds. The largest absolute Gasteiger partial charge is 0.367 e. The van der Waals surface area contributed by atoms with E-state index < -0.39 is 0 Å². The first-order chi connectivity index (χ1) is 9.02. The molecule has 1 fully saturated rings. The second-order valence-corrected chi connectivity index (χ2v) is 6.37. The fourth-order valence-electron chi connectivity index (χ4n) is 3.08. The van der Waals surface area contributed by atoms with Crippen molar-refractivity contribution in [3.63, 3.8) is 0 Å². The summed E-state index contributed by atoms with van der Waals surface area (Å²) in [6, 6.07) is 6.98. The van der Waals surface area contributed by atoms with Crippen molar-refractivity contribution in [1.29, 1.82) is 0 Å². The lowest BCUT2D eigenvalue weighted by molar-refractivity contribution is 0.624. The van der Waals surface area contributed by atoms with Gasteiger partial charge in [-0.25, -0.2) is 0 Å². The van der Waals surface area contributed by atoms with Crippen molar-refractivity contribution in [2.45, 2.75) is 52.1 Å². The van der Waals surface area contributed by atoms with Crippen LogP contribution in [0, 0.1) is 5.92 Å². The minimum Gasteiger partial charge on any atom is -0.367 e. The number of rotatable bonds is 4. The van der Waals surface area contributed by atoms with E-state index in [4.69, 9.17) is 17.3 Å². The first-order valence-corrected chi connectivity index (χ1v) is 7.70. The Hall–Kier alpha value is -0.730. The second-order valence-electron chi connectivity index (χ2n) is 5.96. The summed E-state index contributed by atoms with van der Waals surface area (Å²) < 4.78 is 0. The van der Waals surface area contributed by atoms with E-state index >= 15 is 0 Å². The molecule has 3 unspecified atom stereocenters. The lowest BCUT2D eigenvalue weighted by Crippen LogP contribution is -2.29. The molecule has 0 bridgehead atoms. The predicted octanol–water partition coefficient (Wildman–Crippen LogP) is 3.85. The summed E-state index contributed by atoms with van der Waals surface area (Å²) in [4.78, 5) is 2.46. The van der Waals surface area contributed by atoms with Gasteiger partial charge >= 0.3 is 0 Å². The molecule has 1 saturated heterocycles. The van der Waals surface area contributed by atoms with Gasteiger partial charge in [-0.2, -0.15) is 0 Å². The highest BCUT2D eigenvalue weighted by atomic mass is 35.5. The molecule has 3 heteroatoms. The average molecular weight is 281 g/mol. The summed E-state index contributed by atoms with van der Waals surface area (Å²) >= 11 is 6.47. The van der Waals surface area contributed by atoms with Gasteiger partial charge in [0.05, 0.1) is 10.7 Å². The van der Waals surface area contributed by atoms with Crippen molar-refractivity contribution < 1.29 is 0 Å². The van der Waals surface area contributed by atoms with Gasteiger partial charge in [0.1, 0.15) is 0 Å². The van der Waals surface area contributed by atoms with Crippen LogP contribution in [0.1, 0.15) is 39.2 Å². The molecule has 2 N–H and O–H groups in total. The standard InChI is InChI=1S/C16H25ClN2/c1-4-14(18)9-13-6-5-7-15(17)16(13)19-10-11(2)8-12(19)3/h5-7,11-12,14H,4,8-10,18H2,1-3H3. The zero-order valence-electron chi connectivity index (χ0n) is 12.2. The highest BCUT2D eigenvalue weighted by Gasteiger charge is 2.29. The molecule has 2 rings (SSSR count). The van der Waals surface area contributed by atoms with Gasteiger partial charge < -0.3 is 10.6 Å². The minimum absolute atomic E-state index is 0.215. The van der Waals surface area contributed by atoms with E-state index in [2.05, 4.69) is 31.7 Å². The Bertz CT molecular complexity index is 433. The highest BCUT2D eigenvalue weighted by Crippen LogP contribution is 2.37. The van der Waals surface area contributed by atoms with Crippen LogP contribution in [0.15, 0.2) is 18.2 Å². The molecule has 0 aliphatic carbocycles. The lowest BCUT2D eigenvalue weighted by Gasteiger charge is -2.28. The Balaban J connectivity index is 2.32. The van der Waals surface area contributed by atoms with Gasteiger partial charge in [0.2, 0.25) is 0 Å². The van der Waals surface area contributed by atoms with Crippen LogP contribution in [0.2, 0.25) is 5.02 Å². The maximum Gasteiger partial charge on any atom is 0.0642 e. The number of hydrogen-bond donors (Lipinski definition) is 1. The summed E-state index contributed by atoms with van der Waals surface area (Å²) in [5, 5.41) is 0.863. The number of nitrogens with zero attached hydrogens (tertiary/aromatic N) is 1. The molecular weight excluding hydrogens is 256 g/mol. The lowest BCUT2D eigenvalue weighted by atomic mass is 10.0. The SMILES string of the molecule is CCC(N)Cc1cccc(Cl)c1N1CC(C)CC1C. The van der Waals surface area contributed by atoms with Crippen LogP contribution < -0.4 is 10.6 Å². The van der Waals surface area contributed by atoms with E-state index in [1.54, 1.807) is 0 Å². The Kier molecular flexibility index (Phi) is 4.75. The number of halogens is 1. The van der Waals surface area contributed by atoms with E-state index in [0.29, 0.717) is 6.04 Å². The summed E-state index contributed by atoms with van der Waals surface area (Å²) in [6.07, 6.45) is 3.15. The third-order valence-corrected chi connectivity index (χ3v) is 4.45. The quantitative estimate of drug-likeness (QED) is 0.908. The third-order valence-electron chi connectivity index (χ3n) is 4.15. The fourth-order valence-corrected chi connectivity index (χ4v) is 3.39. The highest BCUT2D eigenvalue weighted by molar-refractivity contribution is 6.33. The van der Waals surface area contributed by atoms with Crippen molar-refractivity contribution in [2.75, 3.05) is 11.4 Å². The normalized spacial score (nSPS) is 24.8. The Morgan fingerprint density at radius 1 is 1.42 bits per heavy atom. The summed E-state index contributed by atoms with van der Waals surface area (Å²) in [7, 11) is 0. The van der Waals surface area contributed by atoms with E-state index in [0.717, 1.165) is 30.3 Å². The monoisotopic (exact) mass is 280 g/mol. The Labute approximate surface area is 121 Å². The Morgan fingerprint density at radius 3 is 2.74 bits per heavy atom. The molecule has 0 aromatic heterocycles. The van der Waals surface area contributed by atoms with Crippen molar-refractivity contribution in [3.05, 3.63) is 28.8 Å². The number of benzene rings is 1. The van der Waals surface area contributed by atoms with E-state index in [-0.39, 0.29) is 6.04 Å². The minimum atomic E-state index is 0.215. The van der Waals surface area contributed by atoms with Crippen molar-refractivity contribution >= 4 is 17.3 Å². The predicted molar refractivity (Wildman–Crippen MR) is 84.0 cm³/mol. The van der Waals surface area contributed by atoms with E-state index in [9.17, 15) is 0 Å². The summed E-state index contributed by atoms with van der Waals surface area (Å²) in [5.41, 5.74) is 8.63. The van der Waals surface area contributed by atoms with Crippen LogP contribution in [-0.4, -0.2) is 18.6 Å². The van der Waals surface area contributed by atoms with E-state index in [1.165, 1.54) is 17.7 Å². The molecule has 1 aromatic rings. The first-order valence-electron chi connectivity index (χ1n) is 7.32. The van der Waals surface area contributed by atoms with Crippen LogP contribution in [0.3, 0.4) is 0 Å². The molecule has 2 nitrogen and oxygen atoms in total. The molecule has 0 spiro atoms. The van der Waals surface area contributed by atoms with Crippen molar-refractivity contribution in [1.82, 2.24) is 0 Å². The third kappa shape index (κ3) is 3.24. The molecule has 0 radical (unpaired) electrons. The number of hydrogen-bond acceptors (Lipinski definition) is 2. The van der Waals surface area contributed by atoms with Gasteiger partial charge in [-0.15, -0.1) is 0 Å². The smallest absolute Gasteiger partial charge is 0.0642 e. The molecule has 1 aromatic carbocycles. The van der Waals surface area contributed by atoms with Crippen LogP contribution in [0.4, 0.5) is 5.69 Å². The second kappa shape index (κ2) is 6.15. The van der Waals surface area contributed by atoms with E-state index in [1.807, 2.05) is 12.1 Å². The molecule has 19 heavy (non-hydrogen) atoms. The van der Waals surface area contributed by atoms with Crippen LogP contribution in [0.25, 0.3) is 0 Å². The van der Waals surface area contributed by atoms with Gasteiger partial charge in [0, 0.05) is 18.6 Å². The van der Waals surface area contributed by atoms with Crippen molar-refractivity contribution in [3.8, 4) is 0 Å². The number of para-hydroxylation sites is 1.